The number of morpholine rings is 1. The molecule has 130 valence electrons. The smallest absolute Gasteiger partial charge is 0.246 e. The van der Waals surface area contributed by atoms with Gasteiger partial charge in [0.25, 0.3) is 0 Å². The summed E-state index contributed by atoms with van der Waals surface area (Å²) in [5.74, 6) is -1.50. The van der Waals surface area contributed by atoms with Crippen molar-refractivity contribution in [3.8, 4) is 0 Å². The van der Waals surface area contributed by atoms with E-state index in [4.69, 9.17) is 9.15 Å². The average molecular weight is 359 g/mol. The first-order valence-electron chi connectivity index (χ1n) is 7.16. The molecule has 0 aliphatic carbocycles. The summed E-state index contributed by atoms with van der Waals surface area (Å²) in [6.45, 7) is 2.99. The summed E-state index contributed by atoms with van der Waals surface area (Å²) in [5, 5.41) is 7.48. The molecular weight excluding hydrogens is 344 g/mol. The van der Waals surface area contributed by atoms with Crippen molar-refractivity contribution in [2.75, 3.05) is 19.8 Å². The lowest BCUT2D eigenvalue weighted by atomic mass is 10.2. The number of aryl methyl sites for hydroxylation is 2. The second-order valence-corrected chi connectivity index (χ2v) is 7.26. The van der Waals surface area contributed by atoms with E-state index in [0.29, 0.717) is 6.07 Å². The Morgan fingerprint density at radius 2 is 1.96 bits per heavy atom. The van der Waals surface area contributed by atoms with Crippen LogP contribution in [0.15, 0.2) is 21.4 Å². The highest BCUT2D eigenvalue weighted by Crippen LogP contribution is 2.31. The molecule has 1 aromatic carbocycles. The van der Waals surface area contributed by atoms with Gasteiger partial charge in [0.1, 0.15) is 22.6 Å². The Hall–Kier alpha value is -1.91. The van der Waals surface area contributed by atoms with E-state index in [2.05, 4.69) is 10.2 Å². The van der Waals surface area contributed by atoms with E-state index in [1.54, 1.807) is 6.92 Å². The van der Waals surface area contributed by atoms with Crippen molar-refractivity contribution in [3.63, 3.8) is 0 Å². The lowest BCUT2D eigenvalue weighted by molar-refractivity contribution is 0.0220. The average Bonchev–Trinajstić information content (AvgIpc) is 2.97. The van der Waals surface area contributed by atoms with Crippen LogP contribution in [0.2, 0.25) is 0 Å². The molecule has 1 aliphatic rings. The second kappa shape index (κ2) is 6.19. The van der Waals surface area contributed by atoms with Gasteiger partial charge in [0, 0.05) is 13.5 Å². The molecule has 1 saturated heterocycles. The molecule has 1 aliphatic heterocycles. The maximum absolute atomic E-state index is 14.2. The minimum Gasteiger partial charge on any atom is -0.424 e. The molecule has 0 unspecified atom stereocenters. The van der Waals surface area contributed by atoms with Crippen molar-refractivity contribution >= 4 is 10.0 Å². The van der Waals surface area contributed by atoms with E-state index in [1.165, 1.54) is 6.92 Å². The second-order valence-electron chi connectivity index (χ2n) is 5.40. The first kappa shape index (κ1) is 16.9. The molecule has 2 aromatic rings. The van der Waals surface area contributed by atoms with Gasteiger partial charge in [-0.15, -0.1) is 10.2 Å². The number of ether oxygens (including phenoxy) is 1. The number of benzene rings is 1. The van der Waals surface area contributed by atoms with Crippen molar-refractivity contribution in [1.29, 1.82) is 0 Å². The third kappa shape index (κ3) is 2.92. The Balaban J connectivity index is 2.05. The summed E-state index contributed by atoms with van der Waals surface area (Å²) >= 11 is 0. The number of hydrogen-bond acceptors (Lipinski definition) is 6. The van der Waals surface area contributed by atoms with E-state index in [9.17, 15) is 17.2 Å². The van der Waals surface area contributed by atoms with E-state index in [0.717, 1.165) is 10.4 Å². The monoisotopic (exact) mass is 359 g/mol. The number of halogens is 2. The molecule has 1 atom stereocenters. The predicted molar refractivity (Wildman–Crippen MR) is 77.6 cm³/mol. The number of rotatable bonds is 3. The number of aromatic nitrogens is 2. The van der Waals surface area contributed by atoms with Crippen LogP contribution in [-0.4, -0.2) is 42.7 Å². The molecule has 0 saturated carbocycles. The van der Waals surface area contributed by atoms with Gasteiger partial charge in [-0.3, -0.25) is 0 Å². The van der Waals surface area contributed by atoms with Crippen LogP contribution >= 0.6 is 0 Å². The maximum atomic E-state index is 14.2. The maximum Gasteiger partial charge on any atom is 0.246 e. The fraction of sp³-hybridized carbons (Fsp3) is 0.429. The van der Waals surface area contributed by atoms with Crippen molar-refractivity contribution in [2.24, 2.45) is 0 Å². The molecule has 0 bridgehead atoms. The topological polar surface area (TPSA) is 85.5 Å². The van der Waals surface area contributed by atoms with Gasteiger partial charge in [0.2, 0.25) is 21.8 Å². The summed E-state index contributed by atoms with van der Waals surface area (Å²) in [6, 6.07) is 0.647. The molecule has 0 spiro atoms. The Kier molecular flexibility index (Phi) is 4.37. The zero-order valence-corrected chi connectivity index (χ0v) is 13.8. The van der Waals surface area contributed by atoms with Crippen LogP contribution in [0.5, 0.6) is 0 Å². The van der Waals surface area contributed by atoms with Crippen molar-refractivity contribution in [1.82, 2.24) is 14.5 Å². The minimum atomic E-state index is -4.31. The number of nitrogens with zero attached hydrogens (tertiary/aromatic N) is 3. The van der Waals surface area contributed by atoms with Gasteiger partial charge in [-0.1, -0.05) is 0 Å². The zero-order valence-electron chi connectivity index (χ0n) is 13.0. The highest BCUT2D eigenvalue weighted by Gasteiger charge is 2.39. The van der Waals surface area contributed by atoms with Crippen LogP contribution in [-0.2, 0) is 14.8 Å². The highest BCUT2D eigenvalue weighted by molar-refractivity contribution is 7.89. The lowest BCUT2D eigenvalue weighted by Crippen LogP contribution is -2.43. The van der Waals surface area contributed by atoms with E-state index >= 15 is 0 Å². The van der Waals surface area contributed by atoms with Gasteiger partial charge in [-0.25, -0.2) is 17.2 Å². The summed E-state index contributed by atoms with van der Waals surface area (Å²) < 4.78 is 65.2. The third-order valence-electron chi connectivity index (χ3n) is 3.71. The van der Waals surface area contributed by atoms with Gasteiger partial charge in [-0.05, 0) is 24.6 Å². The van der Waals surface area contributed by atoms with Gasteiger partial charge < -0.3 is 9.15 Å². The Labute approximate surface area is 137 Å². The van der Waals surface area contributed by atoms with Gasteiger partial charge in [0.15, 0.2) is 0 Å². The summed E-state index contributed by atoms with van der Waals surface area (Å²) in [4.78, 5) is -0.728. The molecule has 0 N–H and O–H groups in total. The highest BCUT2D eigenvalue weighted by atomic mass is 32.2. The normalized spacial score (nSPS) is 19.6. The Morgan fingerprint density at radius 3 is 2.62 bits per heavy atom. The Bertz CT molecular complexity index is 869. The van der Waals surface area contributed by atoms with Crippen molar-refractivity contribution < 1.29 is 26.4 Å². The lowest BCUT2D eigenvalue weighted by Gasteiger charge is -2.32. The summed E-state index contributed by atoms with van der Waals surface area (Å²) in [5.41, 5.74) is 0.0255. The SMILES string of the molecule is Cc1nnc([C@@H]2COCCN2S(=O)(=O)c2cc(F)c(C)cc2F)o1. The number of sulfonamides is 1. The molecule has 10 heteroatoms. The fourth-order valence-electron chi connectivity index (χ4n) is 2.47. The molecule has 24 heavy (non-hydrogen) atoms. The summed E-state index contributed by atoms with van der Waals surface area (Å²) in [7, 11) is -4.31. The largest absolute Gasteiger partial charge is 0.424 e. The zero-order chi connectivity index (χ0) is 17.5. The van der Waals surface area contributed by atoms with Crippen LogP contribution in [0.1, 0.15) is 23.4 Å². The third-order valence-corrected chi connectivity index (χ3v) is 5.63. The molecule has 1 aromatic heterocycles. The van der Waals surface area contributed by atoms with Gasteiger partial charge in [0.05, 0.1) is 13.2 Å². The van der Waals surface area contributed by atoms with Gasteiger partial charge >= 0.3 is 0 Å². The van der Waals surface area contributed by atoms with Crippen LogP contribution in [0.4, 0.5) is 8.78 Å². The molecular formula is C14H15F2N3O4S. The molecule has 0 radical (unpaired) electrons. The molecule has 7 nitrogen and oxygen atoms in total. The van der Waals surface area contributed by atoms with Gasteiger partial charge in [-0.2, -0.15) is 4.31 Å². The summed E-state index contributed by atoms with van der Waals surface area (Å²) in [6.07, 6.45) is 0. The predicted octanol–water partition coefficient (Wildman–Crippen LogP) is 1.73. The van der Waals surface area contributed by atoms with Crippen molar-refractivity contribution in [2.45, 2.75) is 24.8 Å². The van der Waals surface area contributed by atoms with E-state index in [-0.39, 0.29) is 37.1 Å². The van der Waals surface area contributed by atoms with Crippen LogP contribution in [0.25, 0.3) is 0 Å². The Morgan fingerprint density at radius 1 is 1.21 bits per heavy atom. The molecule has 2 heterocycles. The van der Waals surface area contributed by atoms with Crippen LogP contribution < -0.4 is 0 Å². The fourth-order valence-corrected chi connectivity index (χ4v) is 4.08. The molecule has 0 amide bonds. The van der Waals surface area contributed by atoms with Crippen molar-refractivity contribution in [3.05, 3.63) is 41.1 Å². The van der Waals surface area contributed by atoms with E-state index < -0.39 is 32.6 Å². The van der Waals surface area contributed by atoms with Crippen LogP contribution in [0.3, 0.4) is 0 Å². The first-order valence-corrected chi connectivity index (χ1v) is 8.60. The molecule has 3 rings (SSSR count). The number of hydrogen-bond donors (Lipinski definition) is 0. The molecule has 1 fully saturated rings. The van der Waals surface area contributed by atoms with E-state index in [1.807, 2.05) is 0 Å². The quantitative estimate of drug-likeness (QED) is 0.830. The minimum absolute atomic E-state index is 0.0170. The van der Waals surface area contributed by atoms with Crippen LogP contribution in [0, 0.1) is 25.5 Å². The first-order chi connectivity index (χ1) is 11.3. The standard InChI is InChI=1S/C14H15F2N3O4S/c1-8-5-11(16)13(6-10(8)15)24(20,21)19-3-4-22-7-12(19)14-18-17-9(2)23-14/h5-6,12H,3-4,7H2,1-2H3/t12-/m0/s1.